The molecule has 0 radical (unpaired) electrons. The van der Waals surface area contributed by atoms with Gasteiger partial charge in [0.15, 0.2) is 0 Å². The van der Waals surface area contributed by atoms with Gasteiger partial charge in [-0.2, -0.15) is 0 Å². The van der Waals surface area contributed by atoms with Gasteiger partial charge in [-0.15, -0.1) is 0 Å². The molecule has 1 aliphatic heterocycles. The van der Waals surface area contributed by atoms with Crippen LogP contribution in [0.5, 0.6) is 0 Å². The second-order valence-electron chi connectivity index (χ2n) is 8.24. The van der Waals surface area contributed by atoms with Crippen molar-refractivity contribution in [3.8, 4) is 0 Å². The highest BCUT2D eigenvalue weighted by Gasteiger charge is 2.38. The fraction of sp³-hybridized carbons (Fsp3) is 0.360. The van der Waals surface area contributed by atoms with Crippen molar-refractivity contribution in [3.63, 3.8) is 0 Å². The summed E-state index contributed by atoms with van der Waals surface area (Å²) in [6.07, 6.45) is 1.59. The second-order valence-corrected chi connectivity index (χ2v) is 9.08. The molecule has 2 atom stereocenters. The molecule has 3 aromatic rings. The van der Waals surface area contributed by atoms with Crippen molar-refractivity contribution in [2.45, 2.75) is 45.3 Å². The molecule has 0 saturated carbocycles. The van der Waals surface area contributed by atoms with Crippen LogP contribution in [0, 0.1) is 13.8 Å². The van der Waals surface area contributed by atoms with Crippen molar-refractivity contribution in [1.82, 2.24) is 19.8 Å². The minimum Gasteiger partial charge on any atom is -0.358 e. The number of benzene rings is 2. The van der Waals surface area contributed by atoms with E-state index in [0.29, 0.717) is 10.0 Å². The van der Waals surface area contributed by atoms with E-state index in [0.717, 1.165) is 48.6 Å². The van der Waals surface area contributed by atoms with E-state index in [-0.39, 0.29) is 18.0 Å². The fourth-order valence-electron chi connectivity index (χ4n) is 4.86. The maximum Gasteiger partial charge on any atom is 0.241 e. The van der Waals surface area contributed by atoms with E-state index < -0.39 is 0 Å². The molecule has 0 saturated heterocycles. The number of halogens is 2. The molecule has 0 spiro atoms. The lowest BCUT2D eigenvalue weighted by Crippen LogP contribution is -2.46. The van der Waals surface area contributed by atoms with Crippen molar-refractivity contribution in [1.29, 1.82) is 0 Å². The lowest BCUT2D eigenvalue weighted by Gasteiger charge is -2.41. The predicted octanol–water partition coefficient (Wildman–Crippen LogP) is 5.28. The molecule has 32 heavy (non-hydrogen) atoms. The number of nitrogens with zero attached hydrogens (tertiary/aromatic N) is 3. The van der Waals surface area contributed by atoms with Gasteiger partial charge in [0, 0.05) is 30.2 Å². The van der Waals surface area contributed by atoms with Crippen LogP contribution in [0.4, 0.5) is 0 Å². The van der Waals surface area contributed by atoms with Gasteiger partial charge < -0.3 is 9.88 Å². The van der Waals surface area contributed by atoms with Gasteiger partial charge in [-0.3, -0.25) is 9.69 Å². The van der Waals surface area contributed by atoms with Crippen LogP contribution in [0.15, 0.2) is 48.5 Å². The Morgan fingerprint density at radius 1 is 1.16 bits per heavy atom. The van der Waals surface area contributed by atoms with Crippen molar-refractivity contribution in [2.75, 3.05) is 13.6 Å². The van der Waals surface area contributed by atoms with Gasteiger partial charge in [0.05, 0.1) is 17.4 Å². The second kappa shape index (κ2) is 9.65. The van der Waals surface area contributed by atoms with Gasteiger partial charge in [-0.1, -0.05) is 59.6 Å². The van der Waals surface area contributed by atoms with Crippen molar-refractivity contribution in [3.05, 3.63) is 86.9 Å². The summed E-state index contributed by atoms with van der Waals surface area (Å²) in [4.78, 5) is 20.2. The minimum atomic E-state index is -0.379. The number of aromatic nitrogens is 2. The van der Waals surface area contributed by atoms with Gasteiger partial charge in [-0.05, 0) is 49.9 Å². The molecule has 0 aliphatic carbocycles. The molecular weight excluding hydrogens is 443 g/mol. The van der Waals surface area contributed by atoms with E-state index in [1.165, 1.54) is 5.69 Å². The molecule has 1 aromatic heterocycles. The lowest BCUT2D eigenvalue weighted by molar-refractivity contribution is -0.128. The zero-order valence-corrected chi connectivity index (χ0v) is 20.1. The summed E-state index contributed by atoms with van der Waals surface area (Å²) in [7, 11) is 1.70. The van der Waals surface area contributed by atoms with E-state index in [1.54, 1.807) is 13.1 Å². The Balaban J connectivity index is 1.74. The van der Waals surface area contributed by atoms with Crippen LogP contribution in [0.2, 0.25) is 10.0 Å². The number of hydrogen-bond donors (Lipinski definition) is 1. The van der Waals surface area contributed by atoms with Crippen LogP contribution in [0.25, 0.3) is 0 Å². The van der Waals surface area contributed by atoms with Crippen molar-refractivity contribution in [2.24, 2.45) is 0 Å². The van der Waals surface area contributed by atoms with Crippen molar-refractivity contribution >= 4 is 29.1 Å². The Hall–Kier alpha value is -2.34. The number of imidazole rings is 1. The van der Waals surface area contributed by atoms with Gasteiger partial charge >= 0.3 is 0 Å². The third-order valence-electron chi connectivity index (χ3n) is 6.32. The zero-order valence-electron chi connectivity index (χ0n) is 18.6. The van der Waals surface area contributed by atoms with Crippen LogP contribution in [0.3, 0.4) is 0 Å². The van der Waals surface area contributed by atoms with Crippen LogP contribution in [-0.4, -0.2) is 34.0 Å². The number of carbonyl (C=O) groups excluding carboxylic acids is 1. The molecule has 4 rings (SSSR count). The summed E-state index contributed by atoms with van der Waals surface area (Å²) in [6.45, 7) is 5.67. The normalized spacial score (nSPS) is 17.1. The van der Waals surface area contributed by atoms with Gasteiger partial charge in [-0.25, -0.2) is 4.98 Å². The standard InChI is InChI=1S/C25H28Cl2N4O/c1-16-23-22(12-10-18-9-11-20(26)15-21(18)27)31(14-13-30(23)17(2)29-16)24(25(32)28-3)19-7-5-4-6-8-19/h4-9,11,15,22,24H,10,12-14H2,1-3H3,(H,28,32)/t22?,24-/m1/s1. The monoisotopic (exact) mass is 470 g/mol. The molecule has 1 aliphatic rings. The fourth-order valence-corrected chi connectivity index (χ4v) is 5.36. The third-order valence-corrected chi connectivity index (χ3v) is 6.91. The molecule has 0 bridgehead atoms. The van der Waals surface area contributed by atoms with E-state index in [2.05, 4.69) is 21.7 Å². The molecule has 1 N–H and O–H groups in total. The first-order chi connectivity index (χ1) is 15.4. The summed E-state index contributed by atoms with van der Waals surface area (Å²) < 4.78 is 2.30. The molecular formula is C25H28Cl2N4O. The number of rotatable bonds is 6. The lowest BCUT2D eigenvalue weighted by atomic mass is 9.94. The van der Waals surface area contributed by atoms with E-state index in [1.807, 2.05) is 49.4 Å². The van der Waals surface area contributed by atoms with Crippen LogP contribution >= 0.6 is 23.2 Å². The Bertz CT molecular complexity index is 1110. The first kappa shape index (κ1) is 22.8. The van der Waals surface area contributed by atoms with Gasteiger partial charge in [0.1, 0.15) is 11.9 Å². The molecule has 0 fully saturated rings. The topological polar surface area (TPSA) is 50.2 Å². The molecule has 2 aromatic carbocycles. The molecule has 5 nitrogen and oxygen atoms in total. The molecule has 2 heterocycles. The van der Waals surface area contributed by atoms with Crippen molar-refractivity contribution < 1.29 is 4.79 Å². The highest BCUT2D eigenvalue weighted by atomic mass is 35.5. The van der Waals surface area contributed by atoms with E-state index in [9.17, 15) is 4.79 Å². The molecule has 7 heteroatoms. The zero-order chi connectivity index (χ0) is 22.8. The van der Waals surface area contributed by atoms with Crippen LogP contribution < -0.4 is 5.32 Å². The Morgan fingerprint density at radius 2 is 1.91 bits per heavy atom. The highest BCUT2D eigenvalue weighted by molar-refractivity contribution is 6.35. The third kappa shape index (κ3) is 4.42. The summed E-state index contributed by atoms with van der Waals surface area (Å²) in [6, 6.07) is 15.3. The molecule has 1 amide bonds. The van der Waals surface area contributed by atoms with Gasteiger partial charge in [0.25, 0.3) is 0 Å². The number of likely N-dealkylation sites (N-methyl/N-ethyl adjacent to an activating group) is 1. The number of aryl methyl sites for hydroxylation is 3. The first-order valence-electron chi connectivity index (χ1n) is 10.9. The summed E-state index contributed by atoms with van der Waals surface area (Å²) in [5.74, 6) is 1.01. The van der Waals surface area contributed by atoms with Crippen LogP contribution in [-0.2, 0) is 17.8 Å². The smallest absolute Gasteiger partial charge is 0.241 e. The number of carbonyl (C=O) groups is 1. The first-order valence-corrected chi connectivity index (χ1v) is 11.7. The quantitative estimate of drug-likeness (QED) is 0.532. The Kier molecular flexibility index (Phi) is 6.89. The average molecular weight is 471 g/mol. The predicted molar refractivity (Wildman–Crippen MR) is 129 cm³/mol. The number of amides is 1. The highest BCUT2D eigenvalue weighted by Crippen LogP contribution is 2.39. The average Bonchev–Trinajstić information content (AvgIpc) is 3.08. The maximum absolute atomic E-state index is 13.1. The Morgan fingerprint density at radius 3 is 2.59 bits per heavy atom. The summed E-state index contributed by atoms with van der Waals surface area (Å²) >= 11 is 12.6. The van der Waals surface area contributed by atoms with Crippen LogP contribution in [0.1, 0.15) is 46.8 Å². The molecule has 1 unspecified atom stereocenters. The SMILES string of the molecule is CNC(=O)[C@@H](c1ccccc1)N1CCn2c(C)nc(C)c2C1CCc1ccc(Cl)cc1Cl. The Labute approximate surface area is 199 Å². The summed E-state index contributed by atoms with van der Waals surface area (Å²) in [5, 5.41) is 4.18. The molecule has 168 valence electrons. The van der Waals surface area contributed by atoms with E-state index >= 15 is 0 Å². The largest absolute Gasteiger partial charge is 0.358 e. The maximum atomic E-state index is 13.1. The van der Waals surface area contributed by atoms with E-state index in [4.69, 9.17) is 28.2 Å². The number of fused-ring (bicyclic) bond motifs is 1. The number of nitrogens with one attached hydrogen (secondary N) is 1. The number of hydrogen-bond acceptors (Lipinski definition) is 3. The minimum absolute atomic E-state index is 0.00642. The van der Waals surface area contributed by atoms with Gasteiger partial charge in [0.2, 0.25) is 5.91 Å². The summed E-state index contributed by atoms with van der Waals surface area (Å²) in [5.41, 5.74) is 4.24.